The van der Waals surface area contributed by atoms with Crippen molar-refractivity contribution in [3.05, 3.63) is 18.4 Å². The van der Waals surface area contributed by atoms with Crippen LogP contribution in [0.2, 0.25) is 0 Å². The van der Waals surface area contributed by atoms with E-state index in [9.17, 15) is 0 Å². The van der Waals surface area contributed by atoms with Crippen molar-refractivity contribution in [2.24, 2.45) is 0 Å². The van der Waals surface area contributed by atoms with Crippen LogP contribution in [0.4, 0.5) is 5.88 Å². The second kappa shape index (κ2) is 1.84. The minimum absolute atomic E-state index is 0.620. The van der Waals surface area contributed by atoms with E-state index in [0.29, 0.717) is 5.88 Å². The molecule has 0 fully saturated rings. The smallest absolute Gasteiger partial charge is 0.385 e. The molecule has 0 atom stereocenters. The molecule has 1 aromatic rings. The molecule has 2 nitrogen and oxygen atoms in total. The fraction of sp³-hybridized carbons (Fsp3) is 0. The summed E-state index contributed by atoms with van der Waals surface area (Å²) >= 11 is 4.43. The molecule has 0 amide bonds. The molecule has 7 heavy (non-hydrogen) atoms. The minimum atomic E-state index is 0.620. The van der Waals surface area contributed by atoms with Gasteiger partial charge in [-0.3, -0.25) is 0 Å². The Hall–Kier alpha value is -0.700. The van der Waals surface area contributed by atoms with Crippen molar-refractivity contribution in [3.63, 3.8) is 0 Å². The third kappa shape index (κ3) is 0.838. The van der Waals surface area contributed by atoms with Gasteiger partial charge in [0.15, 0.2) is 0 Å². The highest BCUT2D eigenvalue weighted by molar-refractivity contribution is 7.44. The maximum absolute atomic E-state index is 4.77. The number of hydrogen-bond acceptors (Lipinski definition) is 2. The van der Waals surface area contributed by atoms with Gasteiger partial charge < -0.3 is 4.42 Å². The lowest BCUT2D eigenvalue weighted by Gasteiger charge is -1.62. The van der Waals surface area contributed by atoms with Gasteiger partial charge in [-0.1, -0.05) is 0 Å². The average Bonchev–Trinajstić information content (AvgIpc) is 2.14. The van der Waals surface area contributed by atoms with Crippen molar-refractivity contribution < 1.29 is 8.78 Å². The third-order valence-corrected chi connectivity index (χ3v) is 0.823. The molecule has 0 aliphatic heterocycles. The second-order valence-corrected chi connectivity index (χ2v) is 1.28. The van der Waals surface area contributed by atoms with E-state index in [1.165, 1.54) is 0 Å². The van der Waals surface area contributed by atoms with Gasteiger partial charge in [0.05, 0.1) is 12.3 Å². The van der Waals surface area contributed by atoms with Crippen LogP contribution in [0.3, 0.4) is 0 Å². The lowest BCUT2D eigenvalue weighted by molar-refractivity contribution is -0.336. The Labute approximate surface area is 46.3 Å². The van der Waals surface area contributed by atoms with Crippen molar-refractivity contribution in [2.75, 3.05) is 0 Å². The standard InChI is InChI=1S/C4H3NOS/c7-5-4-2-1-3-6-4/h1-3H/p+1. The van der Waals surface area contributed by atoms with Gasteiger partial charge in [-0.15, -0.1) is 4.36 Å². The molecule has 0 aromatic carbocycles. The summed E-state index contributed by atoms with van der Waals surface area (Å²) in [6.07, 6.45) is 1.56. The molecule has 0 spiro atoms. The zero-order chi connectivity index (χ0) is 5.11. The number of nitrogens with one attached hydrogen (secondary N) is 1. The summed E-state index contributed by atoms with van der Waals surface area (Å²) in [5.74, 6) is 0.620. The van der Waals surface area contributed by atoms with Crippen LogP contribution in [0.5, 0.6) is 0 Å². The molecule has 0 aliphatic rings. The Bertz CT molecular complexity index is 147. The number of furan rings is 1. The first kappa shape index (κ1) is 4.46. The second-order valence-electron chi connectivity index (χ2n) is 1.08. The van der Waals surface area contributed by atoms with Gasteiger partial charge >= 0.3 is 5.88 Å². The van der Waals surface area contributed by atoms with E-state index in [-0.39, 0.29) is 0 Å². The van der Waals surface area contributed by atoms with Crippen molar-refractivity contribution in [3.8, 4) is 0 Å². The van der Waals surface area contributed by atoms with Crippen molar-refractivity contribution >= 4 is 18.3 Å². The fourth-order valence-corrected chi connectivity index (χ4v) is 0.453. The predicted octanol–water partition coefficient (Wildman–Crippen LogP) is -0.278. The number of rotatable bonds is 1. The summed E-state index contributed by atoms with van der Waals surface area (Å²) in [5, 5.41) is 0. The Balaban J connectivity index is 2.96. The molecule has 1 N–H and O–H groups in total. The van der Waals surface area contributed by atoms with E-state index in [1.54, 1.807) is 18.4 Å². The molecule has 0 saturated carbocycles. The van der Waals surface area contributed by atoms with Crippen LogP contribution in [0.15, 0.2) is 22.8 Å². The molecule has 36 valence electrons. The van der Waals surface area contributed by atoms with Crippen LogP contribution >= 0.6 is 0 Å². The summed E-state index contributed by atoms with van der Waals surface area (Å²) in [6.45, 7) is 0. The first-order valence-electron chi connectivity index (χ1n) is 1.85. The summed E-state index contributed by atoms with van der Waals surface area (Å²) in [5.41, 5.74) is 0. The summed E-state index contributed by atoms with van der Waals surface area (Å²) in [4.78, 5) is 0. The molecule has 0 bridgehead atoms. The normalized spacial score (nSPS) is 8.57. The minimum Gasteiger partial charge on any atom is -0.412 e. The number of hydrogen-bond donors (Lipinski definition) is 1. The van der Waals surface area contributed by atoms with Gasteiger partial charge in [-0.05, 0) is 6.07 Å². The highest BCUT2D eigenvalue weighted by Gasteiger charge is 1.91. The summed E-state index contributed by atoms with van der Waals surface area (Å²) in [6, 6.07) is 3.53. The lowest BCUT2D eigenvalue weighted by atomic mass is 10.6. The molecule has 0 aliphatic carbocycles. The first-order chi connectivity index (χ1) is 3.43. The quantitative estimate of drug-likeness (QED) is 0.543. The van der Waals surface area contributed by atoms with Gasteiger partial charge in [0.1, 0.15) is 0 Å². The predicted molar refractivity (Wildman–Crippen MR) is 26.7 cm³/mol. The molecule has 0 saturated heterocycles. The first-order valence-corrected chi connectivity index (χ1v) is 2.26. The SMILES string of the molecule is S=[NH+]c1ccco1. The average molecular weight is 114 g/mol. The molecular weight excluding hydrogens is 110 g/mol. The molecular formula is C4H4NOS+. The van der Waals surface area contributed by atoms with Crippen LogP contribution in [0.1, 0.15) is 0 Å². The largest absolute Gasteiger partial charge is 0.412 e. The Morgan fingerprint density at radius 1 is 1.71 bits per heavy atom. The Morgan fingerprint density at radius 3 is 2.86 bits per heavy atom. The molecule has 3 heteroatoms. The van der Waals surface area contributed by atoms with Gasteiger partial charge in [-0.25, -0.2) is 0 Å². The van der Waals surface area contributed by atoms with Gasteiger partial charge in [-0.2, -0.15) is 0 Å². The van der Waals surface area contributed by atoms with Gasteiger partial charge in [0.2, 0.25) is 0 Å². The molecule has 1 rings (SSSR count). The highest BCUT2D eigenvalue weighted by Crippen LogP contribution is 1.95. The van der Waals surface area contributed by atoms with E-state index >= 15 is 0 Å². The summed E-state index contributed by atoms with van der Waals surface area (Å²) in [7, 11) is 0. The highest BCUT2D eigenvalue weighted by atomic mass is 32.1. The summed E-state index contributed by atoms with van der Waals surface area (Å²) < 4.78 is 7.19. The van der Waals surface area contributed by atoms with E-state index in [0.717, 1.165) is 0 Å². The maximum atomic E-state index is 4.77. The van der Waals surface area contributed by atoms with Crippen LogP contribution < -0.4 is 4.36 Å². The van der Waals surface area contributed by atoms with Crippen LogP contribution in [0, 0.1) is 0 Å². The van der Waals surface area contributed by atoms with E-state index in [1.807, 2.05) is 0 Å². The Morgan fingerprint density at radius 2 is 2.57 bits per heavy atom. The Kier molecular flexibility index (Phi) is 1.17. The van der Waals surface area contributed by atoms with Crippen molar-refractivity contribution in [1.82, 2.24) is 0 Å². The van der Waals surface area contributed by atoms with E-state index < -0.39 is 0 Å². The van der Waals surface area contributed by atoms with Crippen molar-refractivity contribution in [1.29, 1.82) is 0 Å². The van der Waals surface area contributed by atoms with E-state index in [4.69, 9.17) is 4.42 Å². The van der Waals surface area contributed by atoms with Crippen molar-refractivity contribution in [2.45, 2.75) is 0 Å². The zero-order valence-corrected chi connectivity index (χ0v) is 4.37. The van der Waals surface area contributed by atoms with Gasteiger partial charge in [0.25, 0.3) is 12.4 Å². The fourth-order valence-electron chi connectivity index (χ4n) is 0.337. The van der Waals surface area contributed by atoms with Crippen LogP contribution in [0.25, 0.3) is 0 Å². The monoisotopic (exact) mass is 114 g/mol. The molecule has 1 aromatic heterocycles. The van der Waals surface area contributed by atoms with Crippen LogP contribution in [-0.2, 0) is 12.4 Å². The zero-order valence-electron chi connectivity index (χ0n) is 3.55. The maximum Gasteiger partial charge on any atom is 0.385 e. The molecule has 1 heterocycles. The molecule has 0 unspecified atom stereocenters. The topological polar surface area (TPSA) is 27.1 Å². The van der Waals surface area contributed by atoms with Crippen LogP contribution in [-0.4, -0.2) is 0 Å². The van der Waals surface area contributed by atoms with E-state index in [2.05, 4.69) is 16.8 Å². The van der Waals surface area contributed by atoms with Gasteiger partial charge in [0, 0.05) is 0 Å². The third-order valence-electron chi connectivity index (χ3n) is 0.622. The molecule has 0 radical (unpaired) electrons. The lowest BCUT2D eigenvalue weighted by Crippen LogP contribution is -2.55.